The van der Waals surface area contributed by atoms with Gasteiger partial charge < -0.3 is 20.5 Å². The van der Waals surface area contributed by atoms with Crippen LogP contribution in [0.5, 0.6) is 0 Å². The van der Waals surface area contributed by atoms with E-state index in [0.717, 1.165) is 5.56 Å². The van der Waals surface area contributed by atoms with E-state index < -0.39 is 12.0 Å². The first kappa shape index (κ1) is 15.0. The third-order valence-corrected chi connectivity index (χ3v) is 2.59. The molecule has 6 heteroatoms. The lowest BCUT2D eigenvalue weighted by molar-refractivity contribution is -0.136. The molecule has 1 rings (SSSR count). The molecule has 1 aromatic carbocycles. The van der Waals surface area contributed by atoms with Crippen LogP contribution in [0.25, 0.3) is 0 Å². The van der Waals surface area contributed by atoms with Crippen LogP contribution in [0.4, 0.5) is 10.5 Å². The second-order valence-electron chi connectivity index (χ2n) is 4.03. The number of rotatable bonds is 6. The number of carboxylic acids is 1. The predicted molar refractivity (Wildman–Crippen MR) is 71.1 cm³/mol. The van der Waals surface area contributed by atoms with Crippen molar-refractivity contribution in [3.8, 4) is 0 Å². The number of carboxylic acid groups (broad SMARTS) is 1. The Labute approximate surface area is 111 Å². The Hall–Kier alpha value is -2.08. The van der Waals surface area contributed by atoms with E-state index in [1.807, 2.05) is 25.1 Å². The summed E-state index contributed by atoms with van der Waals surface area (Å²) in [5.74, 6) is -0.948. The smallest absolute Gasteiger partial charge is 0.319 e. The minimum Gasteiger partial charge on any atom is -0.481 e. The molecular formula is C13H18N2O4. The lowest BCUT2D eigenvalue weighted by Gasteiger charge is -2.12. The SMILES string of the molecule is COC(C)c1cccc(NC(=O)NCCC(=O)O)c1. The van der Waals surface area contributed by atoms with Gasteiger partial charge in [0.2, 0.25) is 0 Å². The molecule has 0 aliphatic rings. The van der Waals surface area contributed by atoms with Gasteiger partial charge in [-0.2, -0.15) is 0 Å². The fourth-order valence-electron chi connectivity index (χ4n) is 1.46. The van der Waals surface area contributed by atoms with E-state index in [2.05, 4.69) is 10.6 Å². The lowest BCUT2D eigenvalue weighted by atomic mass is 10.1. The number of carbonyl (C=O) groups is 2. The maximum Gasteiger partial charge on any atom is 0.319 e. The van der Waals surface area contributed by atoms with Crippen molar-refractivity contribution >= 4 is 17.7 Å². The van der Waals surface area contributed by atoms with E-state index in [-0.39, 0.29) is 19.1 Å². The first-order valence-electron chi connectivity index (χ1n) is 5.92. The fraction of sp³-hybridized carbons (Fsp3) is 0.385. The summed E-state index contributed by atoms with van der Waals surface area (Å²) in [6.45, 7) is 2.00. The zero-order valence-corrected chi connectivity index (χ0v) is 11.0. The summed E-state index contributed by atoms with van der Waals surface area (Å²) in [7, 11) is 1.61. The molecule has 0 aliphatic carbocycles. The summed E-state index contributed by atoms with van der Waals surface area (Å²) < 4.78 is 5.19. The molecule has 1 atom stereocenters. The van der Waals surface area contributed by atoms with Gasteiger partial charge in [-0.1, -0.05) is 12.1 Å². The Morgan fingerprint density at radius 3 is 2.79 bits per heavy atom. The van der Waals surface area contributed by atoms with E-state index >= 15 is 0 Å². The summed E-state index contributed by atoms with van der Waals surface area (Å²) in [5.41, 5.74) is 1.58. The second kappa shape index (κ2) is 7.38. The minimum atomic E-state index is -0.948. The average Bonchev–Trinajstić information content (AvgIpc) is 2.37. The van der Waals surface area contributed by atoms with Gasteiger partial charge in [0.1, 0.15) is 0 Å². The Morgan fingerprint density at radius 1 is 1.42 bits per heavy atom. The Morgan fingerprint density at radius 2 is 2.16 bits per heavy atom. The van der Waals surface area contributed by atoms with Gasteiger partial charge in [-0.25, -0.2) is 4.79 Å². The molecule has 0 fully saturated rings. The van der Waals surface area contributed by atoms with Gasteiger partial charge in [0.05, 0.1) is 12.5 Å². The summed E-state index contributed by atoms with van der Waals surface area (Å²) in [6.07, 6.45) is -0.162. The molecule has 1 unspecified atom stereocenters. The normalized spacial score (nSPS) is 11.7. The Bertz CT molecular complexity index is 448. The van der Waals surface area contributed by atoms with E-state index in [4.69, 9.17) is 9.84 Å². The van der Waals surface area contributed by atoms with Crippen molar-refractivity contribution in [2.45, 2.75) is 19.4 Å². The third kappa shape index (κ3) is 5.39. The fourth-order valence-corrected chi connectivity index (χ4v) is 1.46. The van der Waals surface area contributed by atoms with Gasteiger partial charge in [0.25, 0.3) is 0 Å². The van der Waals surface area contributed by atoms with Crippen LogP contribution in [-0.2, 0) is 9.53 Å². The van der Waals surface area contributed by atoms with Gasteiger partial charge in [-0.05, 0) is 24.6 Å². The van der Waals surface area contributed by atoms with Crippen molar-refractivity contribution in [2.75, 3.05) is 19.0 Å². The molecule has 0 saturated carbocycles. The van der Waals surface area contributed by atoms with Crippen LogP contribution in [0.1, 0.15) is 25.0 Å². The highest BCUT2D eigenvalue weighted by Crippen LogP contribution is 2.19. The van der Waals surface area contributed by atoms with Crippen molar-refractivity contribution in [3.63, 3.8) is 0 Å². The van der Waals surface area contributed by atoms with E-state index in [1.165, 1.54) is 0 Å². The number of benzene rings is 1. The highest BCUT2D eigenvalue weighted by Gasteiger charge is 2.06. The molecule has 0 bridgehead atoms. The first-order chi connectivity index (χ1) is 9.02. The number of nitrogens with one attached hydrogen (secondary N) is 2. The zero-order chi connectivity index (χ0) is 14.3. The number of hydrogen-bond acceptors (Lipinski definition) is 3. The van der Waals surface area contributed by atoms with Gasteiger partial charge in [-0.15, -0.1) is 0 Å². The summed E-state index contributed by atoms with van der Waals surface area (Å²) in [6, 6.07) is 6.86. The number of methoxy groups -OCH3 is 1. The molecule has 0 aliphatic heterocycles. The standard InChI is InChI=1S/C13H18N2O4/c1-9(19-2)10-4-3-5-11(8-10)15-13(18)14-7-6-12(16)17/h3-5,8-9H,6-7H2,1-2H3,(H,16,17)(H2,14,15,18). The molecule has 104 valence electrons. The molecule has 0 spiro atoms. The summed E-state index contributed by atoms with van der Waals surface area (Å²) >= 11 is 0. The maximum atomic E-state index is 11.5. The predicted octanol–water partition coefficient (Wildman–Crippen LogP) is 1.99. The maximum absolute atomic E-state index is 11.5. The first-order valence-corrected chi connectivity index (χ1v) is 5.92. The molecule has 0 aromatic heterocycles. The Kier molecular flexibility index (Phi) is 5.81. The minimum absolute atomic E-state index is 0.0585. The van der Waals surface area contributed by atoms with Crippen molar-refractivity contribution < 1.29 is 19.4 Å². The molecule has 0 radical (unpaired) electrons. The van der Waals surface area contributed by atoms with E-state index in [1.54, 1.807) is 13.2 Å². The van der Waals surface area contributed by atoms with Crippen LogP contribution in [0.3, 0.4) is 0 Å². The van der Waals surface area contributed by atoms with Crippen LogP contribution in [0.2, 0.25) is 0 Å². The third-order valence-electron chi connectivity index (χ3n) is 2.59. The number of carbonyl (C=O) groups excluding carboxylic acids is 1. The Balaban J connectivity index is 2.52. The van der Waals surface area contributed by atoms with Crippen LogP contribution >= 0.6 is 0 Å². The number of urea groups is 1. The summed E-state index contributed by atoms with van der Waals surface area (Å²) in [4.78, 5) is 21.8. The van der Waals surface area contributed by atoms with Crippen LogP contribution in [0, 0.1) is 0 Å². The molecule has 1 aromatic rings. The largest absolute Gasteiger partial charge is 0.481 e. The number of aliphatic carboxylic acids is 1. The van der Waals surface area contributed by atoms with Crippen LogP contribution in [-0.4, -0.2) is 30.8 Å². The molecule has 0 saturated heterocycles. The molecule has 19 heavy (non-hydrogen) atoms. The average molecular weight is 266 g/mol. The lowest BCUT2D eigenvalue weighted by Crippen LogP contribution is -2.30. The highest BCUT2D eigenvalue weighted by molar-refractivity contribution is 5.89. The van der Waals surface area contributed by atoms with E-state index in [9.17, 15) is 9.59 Å². The molecule has 3 N–H and O–H groups in total. The molecule has 6 nitrogen and oxygen atoms in total. The monoisotopic (exact) mass is 266 g/mol. The van der Waals surface area contributed by atoms with Crippen LogP contribution < -0.4 is 10.6 Å². The quantitative estimate of drug-likeness (QED) is 0.734. The van der Waals surface area contributed by atoms with Crippen molar-refractivity contribution in [1.82, 2.24) is 5.32 Å². The van der Waals surface area contributed by atoms with Gasteiger partial charge in [0.15, 0.2) is 0 Å². The number of anilines is 1. The molecular weight excluding hydrogens is 248 g/mol. The van der Waals surface area contributed by atoms with Gasteiger partial charge in [0, 0.05) is 19.3 Å². The van der Waals surface area contributed by atoms with Crippen molar-refractivity contribution in [3.05, 3.63) is 29.8 Å². The number of hydrogen-bond donors (Lipinski definition) is 3. The molecule has 0 heterocycles. The summed E-state index contributed by atoms with van der Waals surface area (Å²) in [5, 5.41) is 13.6. The topological polar surface area (TPSA) is 87.7 Å². The van der Waals surface area contributed by atoms with Gasteiger partial charge >= 0.3 is 12.0 Å². The molecule has 2 amide bonds. The van der Waals surface area contributed by atoms with Gasteiger partial charge in [-0.3, -0.25) is 4.79 Å². The highest BCUT2D eigenvalue weighted by atomic mass is 16.5. The zero-order valence-electron chi connectivity index (χ0n) is 11.0. The van der Waals surface area contributed by atoms with Crippen LogP contribution in [0.15, 0.2) is 24.3 Å². The number of amides is 2. The van der Waals surface area contributed by atoms with Crippen molar-refractivity contribution in [2.24, 2.45) is 0 Å². The van der Waals surface area contributed by atoms with E-state index in [0.29, 0.717) is 5.69 Å². The second-order valence-corrected chi connectivity index (χ2v) is 4.03. The van der Waals surface area contributed by atoms with Crippen molar-refractivity contribution in [1.29, 1.82) is 0 Å². The number of ether oxygens (including phenoxy) is 1.